The summed E-state index contributed by atoms with van der Waals surface area (Å²) in [6.07, 6.45) is 0.754. The summed E-state index contributed by atoms with van der Waals surface area (Å²) in [6, 6.07) is 4.78. The number of sulfonamides is 1. The zero-order valence-electron chi connectivity index (χ0n) is 11.4. The molecule has 0 fully saturated rings. The number of hydrogen-bond acceptors (Lipinski definition) is 3. The van der Waals surface area contributed by atoms with Crippen LogP contribution in [-0.4, -0.2) is 20.1 Å². The fourth-order valence-electron chi connectivity index (χ4n) is 1.49. The Balaban J connectivity index is 2.88. The zero-order chi connectivity index (χ0) is 14.7. The van der Waals surface area contributed by atoms with Crippen molar-refractivity contribution in [3.05, 3.63) is 28.2 Å². The van der Waals surface area contributed by atoms with E-state index < -0.39 is 10.0 Å². The van der Waals surface area contributed by atoms with Crippen molar-refractivity contribution >= 4 is 26.0 Å². The fourth-order valence-corrected chi connectivity index (χ4v) is 3.53. The minimum atomic E-state index is -3.55. The van der Waals surface area contributed by atoms with E-state index in [9.17, 15) is 8.42 Å². The van der Waals surface area contributed by atoms with Gasteiger partial charge in [0.2, 0.25) is 10.0 Å². The van der Waals surface area contributed by atoms with Crippen LogP contribution in [0.2, 0.25) is 0 Å². The van der Waals surface area contributed by atoms with Crippen molar-refractivity contribution in [3.8, 4) is 0 Å². The molecule has 1 aromatic rings. The summed E-state index contributed by atoms with van der Waals surface area (Å²) < 4.78 is 27.4. The Labute approximate surface area is 123 Å². The van der Waals surface area contributed by atoms with Gasteiger partial charge in [-0.1, -0.05) is 26.8 Å². The first kappa shape index (κ1) is 16.6. The van der Waals surface area contributed by atoms with Crippen molar-refractivity contribution in [2.75, 3.05) is 6.54 Å². The molecule has 0 unspecified atom stereocenters. The Hall–Kier alpha value is -0.430. The molecule has 108 valence electrons. The first-order chi connectivity index (χ1) is 8.65. The maximum Gasteiger partial charge on any atom is 0.241 e. The van der Waals surface area contributed by atoms with E-state index in [0.29, 0.717) is 16.6 Å². The molecule has 1 aromatic carbocycles. The Kier molecular flexibility index (Phi) is 5.55. The zero-order valence-corrected chi connectivity index (χ0v) is 13.8. The number of rotatable bonds is 5. The molecule has 0 amide bonds. The summed E-state index contributed by atoms with van der Waals surface area (Å²) in [5, 5.41) is 9.07. The summed E-state index contributed by atoms with van der Waals surface area (Å²) in [7, 11) is -3.55. The van der Waals surface area contributed by atoms with E-state index in [1.807, 2.05) is 0 Å². The van der Waals surface area contributed by atoms with E-state index in [1.54, 1.807) is 12.1 Å². The number of halogens is 1. The van der Waals surface area contributed by atoms with Gasteiger partial charge < -0.3 is 5.11 Å². The standard InChI is InChI=1S/C13H20BrNO3S/c1-13(2,3)6-7-15-19(17,18)12-8-10(9-16)4-5-11(12)14/h4-5,8,15-16H,6-7,9H2,1-3H3. The molecule has 1 rings (SSSR count). The van der Waals surface area contributed by atoms with Gasteiger partial charge in [0.15, 0.2) is 0 Å². The van der Waals surface area contributed by atoms with Crippen LogP contribution in [-0.2, 0) is 16.6 Å². The molecular weight excluding hydrogens is 330 g/mol. The van der Waals surface area contributed by atoms with Crippen molar-refractivity contribution in [3.63, 3.8) is 0 Å². The first-order valence-corrected chi connectivity index (χ1v) is 8.32. The minimum Gasteiger partial charge on any atom is -0.392 e. The van der Waals surface area contributed by atoms with Gasteiger partial charge in [-0.05, 0) is 45.5 Å². The molecule has 0 spiro atoms. The molecule has 0 radical (unpaired) electrons. The topological polar surface area (TPSA) is 66.4 Å². The molecular formula is C13H20BrNO3S. The van der Waals surface area contributed by atoms with E-state index in [-0.39, 0.29) is 16.9 Å². The van der Waals surface area contributed by atoms with Gasteiger partial charge in [0.25, 0.3) is 0 Å². The Morgan fingerprint density at radius 2 is 1.95 bits per heavy atom. The highest BCUT2D eigenvalue weighted by Crippen LogP contribution is 2.24. The van der Waals surface area contributed by atoms with E-state index in [2.05, 4.69) is 41.4 Å². The Morgan fingerprint density at radius 3 is 2.47 bits per heavy atom. The highest BCUT2D eigenvalue weighted by atomic mass is 79.9. The highest BCUT2D eigenvalue weighted by molar-refractivity contribution is 9.10. The first-order valence-electron chi connectivity index (χ1n) is 6.05. The third-order valence-corrected chi connectivity index (χ3v) is 5.09. The molecule has 19 heavy (non-hydrogen) atoms. The van der Waals surface area contributed by atoms with Crippen molar-refractivity contribution < 1.29 is 13.5 Å². The molecule has 0 aliphatic heterocycles. The van der Waals surface area contributed by atoms with Gasteiger partial charge in [0.05, 0.1) is 11.5 Å². The van der Waals surface area contributed by atoms with Gasteiger partial charge in [0.1, 0.15) is 0 Å². The van der Waals surface area contributed by atoms with Crippen LogP contribution < -0.4 is 4.72 Å². The number of benzene rings is 1. The van der Waals surface area contributed by atoms with Gasteiger partial charge in [0, 0.05) is 11.0 Å². The minimum absolute atomic E-state index is 0.0761. The van der Waals surface area contributed by atoms with Crippen LogP contribution in [0.25, 0.3) is 0 Å². The average molecular weight is 350 g/mol. The second-order valence-corrected chi connectivity index (χ2v) is 8.22. The lowest BCUT2D eigenvalue weighted by molar-refractivity contribution is 0.281. The summed E-state index contributed by atoms with van der Waals surface area (Å²) in [5.74, 6) is 0. The van der Waals surface area contributed by atoms with Crippen LogP contribution in [0.3, 0.4) is 0 Å². The Morgan fingerprint density at radius 1 is 1.32 bits per heavy atom. The molecule has 0 aromatic heterocycles. The van der Waals surface area contributed by atoms with E-state index in [0.717, 1.165) is 6.42 Å². The van der Waals surface area contributed by atoms with Crippen LogP contribution in [0.5, 0.6) is 0 Å². The monoisotopic (exact) mass is 349 g/mol. The predicted octanol–water partition coefficient (Wildman–Crippen LogP) is 2.66. The summed E-state index contributed by atoms with van der Waals surface area (Å²) in [4.78, 5) is 0.160. The van der Waals surface area contributed by atoms with Crippen LogP contribution >= 0.6 is 15.9 Å². The van der Waals surface area contributed by atoms with Crippen molar-refractivity contribution in [2.45, 2.75) is 38.7 Å². The molecule has 0 saturated heterocycles. The van der Waals surface area contributed by atoms with Crippen LogP contribution in [0.1, 0.15) is 32.8 Å². The van der Waals surface area contributed by atoms with E-state index in [1.165, 1.54) is 6.07 Å². The van der Waals surface area contributed by atoms with Gasteiger partial charge in [-0.25, -0.2) is 13.1 Å². The molecule has 0 saturated carbocycles. The molecule has 0 atom stereocenters. The van der Waals surface area contributed by atoms with E-state index in [4.69, 9.17) is 5.11 Å². The van der Waals surface area contributed by atoms with Gasteiger partial charge in [-0.3, -0.25) is 0 Å². The third-order valence-electron chi connectivity index (χ3n) is 2.63. The number of nitrogens with one attached hydrogen (secondary N) is 1. The molecule has 6 heteroatoms. The van der Waals surface area contributed by atoms with Crippen molar-refractivity contribution in [1.29, 1.82) is 0 Å². The normalized spacial score (nSPS) is 12.7. The van der Waals surface area contributed by atoms with E-state index >= 15 is 0 Å². The molecule has 2 N–H and O–H groups in total. The summed E-state index contributed by atoms with van der Waals surface area (Å²) >= 11 is 3.23. The largest absolute Gasteiger partial charge is 0.392 e. The molecule has 0 bridgehead atoms. The third kappa shape index (κ3) is 5.22. The Bertz CT molecular complexity index is 535. The lowest BCUT2D eigenvalue weighted by atomic mass is 9.93. The molecule has 0 aliphatic carbocycles. The lowest BCUT2D eigenvalue weighted by Gasteiger charge is -2.18. The number of aliphatic hydroxyl groups is 1. The van der Waals surface area contributed by atoms with Crippen LogP contribution in [0, 0.1) is 5.41 Å². The molecule has 0 aliphatic rings. The maximum atomic E-state index is 12.2. The van der Waals surface area contributed by atoms with Gasteiger partial charge >= 0.3 is 0 Å². The summed E-state index contributed by atoms with van der Waals surface area (Å²) in [6.45, 7) is 6.39. The van der Waals surface area contributed by atoms with Gasteiger partial charge in [-0.2, -0.15) is 0 Å². The summed E-state index contributed by atoms with van der Waals surface area (Å²) in [5.41, 5.74) is 0.645. The van der Waals surface area contributed by atoms with Crippen LogP contribution in [0.15, 0.2) is 27.6 Å². The fraction of sp³-hybridized carbons (Fsp3) is 0.538. The second kappa shape index (κ2) is 6.35. The number of aliphatic hydroxyl groups excluding tert-OH is 1. The van der Waals surface area contributed by atoms with Crippen molar-refractivity contribution in [2.24, 2.45) is 5.41 Å². The SMILES string of the molecule is CC(C)(C)CCNS(=O)(=O)c1cc(CO)ccc1Br. The highest BCUT2D eigenvalue weighted by Gasteiger charge is 2.19. The van der Waals surface area contributed by atoms with Gasteiger partial charge in [-0.15, -0.1) is 0 Å². The molecule has 0 heterocycles. The second-order valence-electron chi connectivity index (χ2n) is 5.63. The average Bonchev–Trinajstić information content (AvgIpc) is 2.27. The number of hydrogen-bond donors (Lipinski definition) is 2. The maximum absolute atomic E-state index is 12.2. The predicted molar refractivity (Wildman–Crippen MR) is 79.3 cm³/mol. The molecule has 4 nitrogen and oxygen atoms in total. The lowest BCUT2D eigenvalue weighted by Crippen LogP contribution is -2.27. The van der Waals surface area contributed by atoms with Crippen molar-refractivity contribution in [1.82, 2.24) is 4.72 Å². The van der Waals surface area contributed by atoms with Crippen LogP contribution in [0.4, 0.5) is 0 Å². The smallest absolute Gasteiger partial charge is 0.241 e. The quantitative estimate of drug-likeness (QED) is 0.858.